The number of piperidine rings is 1. The number of carbonyl (C=O) groups excluding carboxylic acids is 2. The van der Waals surface area contributed by atoms with E-state index in [1.807, 2.05) is 36.4 Å². The molecule has 3 amide bonds. The predicted octanol–water partition coefficient (Wildman–Crippen LogP) is 5.44. The van der Waals surface area contributed by atoms with Crippen molar-refractivity contribution < 1.29 is 24.2 Å². The van der Waals surface area contributed by atoms with Gasteiger partial charge in [0.05, 0.1) is 5.69 Å². The Morgan fingerprint density at radius 2 is 1.71 bits per heavy atom. The topological polar surface area (TPSA) is 99.2 Å². The Morgan fingerprint density at radius 3 is 2.31 bits per heavy atom. The van der Waals surface area contributed by atoms with Crippen LogP contribution in [0.4, 0.5) is 15.3 Å². The zero-order valence-electron chi connectivity index (χ0n) is 20.2. The first-order chi connectivity index (χ1) is 16.9. The minimum Gasteiger partial charge on any atom is -0.449 e. The number of urea groups is 1. The number of carboxylic acid groups (broad SMARTS) is 1. The lowest BCUT2D eigenvalue weighted by Gasteiger charge is -2.40. The van der Waals surface area contributed by atoms with Crippen LogP contribution in [-0.2, 0) is 4.79 Å². The van der Waals surface area contributed by atoms with Crippen LogP contribution in [0.5, 0.6) is 5.06 Å². The van der Waals surface area contributed by atoms with Crippen LogP contribution >= 0.6 is 11.3 Å². The summed E-state index contributed by atoms with van der Waals surface area (Å²) in [7, 11) is 1.61. The molecule has 2 N–H and O–H groups in total. The van der Waals surface area contributed by atoms with Gasteiger partial charge in [0, 0.05) is 37.0 Å². The number of anilines is 1. The van der Waals surface area contributed by atoms with Gasteiger partial charge in [0.1, 0.15) is 0 Å². The smallest absolute Gasteiger partial charge is 0.449 e. The molecule has 4 rings (SSSR count). The molecule has 2 aromatic rings. The molecule has 0 atom stereocenters. The molecule has 8 nitrogen and oxygen atoms in total. The summed E-state index contributed by atoms with van der Waals surface area (Å²) in [6.45, 7) is 3.28. The molecule has 1 saturated heterocycles. The number of benzene rings is 1. The quantitative estimate of drug-likeness (QED) is 0.534. The van der Waals surface area contributed by atoms with Crippen molar-refractivity contribution in [2.24, 2.45) is 11.8 Å². The highest BCUT2D eigenvalue weighted by atomic mass is 32.1. The number of ether oxygens (including phenoxy) is 1. The van der Waals surface area contributed by atoms with Crippen LogP contribution in [0.15, 0.2) is 36.4 Å². The highest BCUT2D eigenvalue weighted by Crippen LogP contribution is 2.45. The number of nitrogens with one attached hydrogen (secondary N) is 1. The molecular weight excluding hydrogens is 466 g/mol. The van der Waals surface area contributed by atoms with Gasteiger partial charge >= 0.3 is 12.2 Å². The lowest BCUT2D eigenvalue weighted by atomic mass is 9.82. The molecular formula is C26H33N3O5S. The molecule has 2 fully saturated rings. The summed E-state index contributed by atoms with van der Waals surface area (Å²) in [6, 6.07) is 11.3. The van der Waals surface area contributed by atoms with Gasteiger partial charge in [-0.3, -0.25) is 4.79 Å². The fourth-order valence-electron chi connectivity index (χ4n) is 5.11. The highest BCUT2D eigenvalue weighted by Gasteiger charge is 2.37. The zero-order chi connectivity index (χ0) is 24.9. The Balaban J connectivity index is 1.70. The minimum atomic E-state index is -1.40. The monoisotopic (exact) mass is 499 g/mol. The number of thiophene rings is 1. The highest BCUT2D eigenvalue weighted by molar-refractivity contribution is 7.18. The average Bonchev–Trinajstić information content (AvgIpc) is 3.27. The van der Waals surface area contributed by atoms with Crippen LogP contribution < -0.4 is 15.0 Å². The predicted molar refractivity (Wildman–Crippen MR) is 136 cm³/mol. The number of hydrogen-bond donors (Lipinski definition) is 2. The molecule has 2 heterocycles. The average molecular weight is 500 g/mol. The molecule has 1 aromatic carbocycles. The van der Waals surface area contributed by atoms with Gasteiger partial charge in [-0.2, -0.15) is 0 Å². The maximum absolute atomic E-state index is 14.0. The summed E-state index contributed by atoms with van der Waals surface area (Å²) in [4.78, 5) is 42.0. The normalized spacial score (nSPS) is 20.8. The Hall–Kier alpha value is -3.07. The molecule has 35 heavy (non-hydrogen) atoms. The lowest BCUT2D eigenvalue weighted by Crippen LogP contribution is -2.52. The molecule has 1 aliphatic carbocycles. The van der Waals surface area contributed by atoms with Crippen molar-refractivity contribution in [2.75, 3.05) is 25.0 Å². The number of nitrogens with zero attached hydrogens (tertiary/aromatic N) is 2. The van der Waals surface area contributed by atoms with Gasteiger partial charge in [0.2, 0.25) is 11.0 Å². The fraction of sp³-hybridized carbons (Fsp3) is 0.500. The summed E-state index contributed by atoms with van der Waals surface area (Å²) in [6.07, 6.45) is 3.52. The summed E-state index contributed by atoms with van der Waals surface area (Å²) < 4.78 is 5.22. The fourth-order valence-corrected chi connectivity index (χ4v) is 6.11. The minimum absolute atomic E-state index is 0.0305. The Labute approximate surface area is 209 Å². The number of hydrogen-bond acceptors (Lipinski definition) is 5. The van der Waals surface area contributed by atoms with Crippen molar-refractivity contribution in [1.29, 1.82) is 0 Å². The molecule has 1 aromatic heterocycles. The summed E-state index contributed by atoms with van der Waals surface area (Å²) >= 11 is 1.24. The van der Waals surface area contributed by atoms with E-state index in [1.165, 1.54) is 11.3 Å². The SMILES string of the molecule is CNC(=O)N1CCC(N(C(=O)C2CCC(C)CC2)c2cc(-c3ccccc3)sc2OC(=O)O)CC1. The number of rotatable bonds is 5. The van der Waals surface area contributed by atoms with Crippen molar-refractivity contribution in [1.82, 2.24) is 10.2 Å². The van der Waals surface area contributed by atoms with E-state index in [-0.39, 0.29) is 29.0 Å². The molecule has 0 spiro atoms. The first-order valence-electron chi connectivity index (χ1n) is 12.3. The number of amides is 3. The van der Waals surface area contributed by atoms with Crippen LogP contribution in [0, 0.1) is 11.8 Å². The summed E-state index contributed by atoms with van der Waals surface area (Å²) in [5.41, 5.74) is 1.45. The molecule has 188 valence electrons. The van der Waals surface area contributed by atoms with E-state index in [2.05, 4.69) is 12.2 Å². The molecule has 9 heteroatoms. The van der Waals surface area contributed by atoms with E-state index in [1.54, 1.807) is 16.8 Å². The maximum atomic E-state index is 14.0. The first-order valence-corrected chi connectivity index (χ1v) is 13.1. The van der Waals surface area contributed by atoms with Gasteiger partial charge in [-0.15, -0.1) is 0 Å². The third-order valence-corrected chi connectivity index (χ3v) is 8.16. The van der Waals surface area contributed by atoms with Crippen molar-refractivity contribution in [3.8, 4) is 15.5 Å². The van der Waals surface area contributed by atoms with E-state index in [4.69, 9.17) is 4.74 Å². The van der Waals surface area contributed by atoms with Gasteiger partial charge in [0.25, 0.3) is 0 Å². The van der Waals surface area contributed by atoms with Crippen LogP contribution in [0.3, 0.4) is 0 Å². The summed E-state index contributed by atoms with van der Waals surface area (Å²) in [5, 5.41) is 12.3. The zero-order valence-corrected chi connectivity index (χ0v) is 21.1. The molecule has 2 aliphatic rings. The molecule has 0 unspecified atom stereocenters. The number of likely N-dealkylation sites (tertiary alicyclic amines) is 1. The molecule has 0 radical (unpaired) electrons. The van der Waals surface area contributed by atoms with Crippen LogP contribution in [0.25, 0.3) is 10.4 Å². The Kier molecular flexibility index (Phi) is 7.95. The second-order valence-corrected chi connectivity index (χ2v) is 10.5. The van der Waals surface area contributed by atoms with Crippen molar-refractivity contribution in [3.63, 3.8) is 0 Å². The van der Waals surface area contributed by atoms with Crippen LogP contribution in [0.2, 0.25) is 0 Å². The summed E-state index contributed by atoms with van der Waals surface area (Å²) in [5.74, 6) is 0.545. The van der Waals surface area contributed by atoms with Gasteiger partial charge in [0.15, 0.2) is 0 Å². The third-order valence-electron chi connectivity index (χ3n) is 7.11. The van der Waals surface area contributed by atoms with Gasteiger partial charge in [-0.1, -0.05) is 48.6 Å². The van der Waals surface area contributed by atoms with Gasteiger partial charge in [-0.25, -0.2) is 9.59 Å². The second kappa shape index (κ2) is 11.1. The standard InChI is InChI=1S/C26H33N3O5S/c1-17-8-10-19(11-9-17)23(30)29(20-12-14-28(15-13-20)25(31)27-2)21-16-22(18-6-4-3-5-7-18)35-24(21)34-26(32)33/h3-7,16-17,19-20H,8-15H2,1-2H3,(H,27,31)(H,32,33). The van der Waals surface area contributed by atoms with E-state index < -0.39 is 6.16 Å². The van der Waals surface area contributed by atoms with Crippen LogP contribution in [0.1, 0.15) is 45.4 Å². The lowest BCUT2D eigenvalue weighted by molar-refractivity contribution is -0.124. The molecule has 1 saturated carbocycles. The second-order valence-electron chi connectivity index (χ2n) is 9.46. The maximum Gasteiger partial charge on any atom is 0.512 e. The van der Waals surface area contributed by atoms with E-state index in [0.29, 0.717) is 37.5 Å². The van der Waals surface area contributed by atoms with E-state index in [0.717, 1.165) is 36.1 Å². The van der Waals surface area contributed by atoms with E-state index in [9.17, 15) is 19.5 Å². The van der Waals surface area contributed by atoms with Gasteiger partial charge in [-0.05, 0) is 56.1 Å². The van der Waals surface area contributed by atoms with Gasteiger partial charge < -0.3 is 25.0 Å². The van der Waals surface area contributed by atoms with Crippen molar-refractivity contribution in [3.05, 3.63) is 36.4 Å². The third kappa shape index (κ3) is 5.78. The number of carbonyl (C=O) groups is 3. The molecule has 1 aliphatic heterocycles. The molecule has 0 bridgehead atoms. The van der Waals surface area contributed by atoms with E-state index >= 15 is 0 Å². The Morgan fingerprint density at radius 1 is 1.06 bits per heavy atom. The largest absolute Gasteiger partial charge is 0.512 e. The van der Waals surface area contributed by atoms with Crippen molar-refractivity contribution in [2.45, 2.75) is 51.5 Å². The Bertz CT molecular complexity index is 1040. The first kappa shape index (κ1) is 25.0. The van der Waals surface area contributed by atoms with Crippen molar-refractivity contribution >= 4 is 35.1 Å². The van der Waals surface area contributed by atoms with Crippen LogP contribution in [-0.4, -0.2) is 54.3 Å².